The molecule has 0 saturated heterocycles. The van der Waals surface area contributed by atoms with Crippen LogP contribution in [0.5, 0.6) is 0 Å². The van der Waals surface area contributed by atoms with E-state index >= 15 is 0 Å². The summed E-state index contributed by atoms with van der Waals surface area (Å²) < 4.78 is 0. The first-order valence-electron chi connectivity index (χ1n) is 7.16. The van der Waals surface area contributed by atoms with E-state index in [-0.39, 0.29) is 5.91 Å². The van der Waals surface area contributed by atoms with Crippen LogP contribution in [-0.2, 0) is 11.2 Å². The highest BCUT2D eigenvalue weighted by Gasteiger charge is 2.23. The van der Waals surface area contributed by atoms with Crippen LogP contribution in [0.1, 0.15) is 23.6 Å². The molecule has 0 aliphatic carbocycles. The van der Waals surface area contributed by atoms with Gasteiger partial charge in [0.1, 0.15) is 0 Å². The van der Waals surface area contributed by atoms with Crippen LogP contribution in [-0.4, -0.2) is 5.91 Å². The molecular formula is C18H18N2O. The molecule has 0 fully saturated rings. The fourth-order valence-electron chi connectivity index (χ4n) is 2.66. The number of anilines is 2. The number of carbonyl (C=O) groups is 1. The number of benzene rings is 2. The minimum absolute atomic E-state index is 0.0599. The molecule has 0 aromatic heterocycles. The molecule has 0 unspecified atom stereocenters. The van der Waals surface area contributed by atoms with Gasteiger partial charge in [0, 0.05) is 23.1 Å². The molecule has 106 valence electrons. The second-order valence-electron chi connectivity index (χ2n) is 5.16. The summed E-state index contributed by atoms with van der Waals surface area (Å²) in [5, 5.41) is 6.20. The van der Waals surface area contributed by atoms with Crippen molar-refractivity contribution in [3.05, 3.63) is 65.4 Å². The highest BCUT2D eigenvalue weighted by molar-refractivity contribution is 6.31. The first-order valence-corrected chi connectivity index (χ1v) is 7.16. The number of hydrogen-bond acceptors (Lipinski definition) is 2. The lowest BCUT2D eigenvalue weighted by atomic mass is 10.1. The molecule has 1 aliphatic rings. The fraction of sp³-hybridized carbons (Fsp3) is 0.167. The van der Waals surface area contributed by atoms with Gasteiger partial charge in [0.25, 0.3) is 5.91 Å². The van der Waals surface area contributed by atoms with Crippen molar-refractivity contribution in [1.82, 2.24) is 0 Å². The topological polar surface area (TPSA) is 41.1 Å². The first kappa shape index (κ1) is 13.4. The Hall–Kier alpha value is -2.55. The maximum Gasteiger partial charge on any atom is 0.257 e. The predicted molar refractivity (Wildman–Crippen MR) is 87.2 cm³/mol. The normalized spacial score (nSPS) is 15.0. The molecule has 0 atom stereocenters. The second kappa shape index (κ2) is 5.44. The van der Waals surface area contributed by atoms with Crippen molar-refractivity contribution in [3.63, 3.8) is 0 Å². The van der Waals surface area contributed by atoms with Crippen LogP contribution in [0.25, 0.3) is 5.57 Å². The Morgan fingerprint density at radius 2 is 1.95 bits per heavy atom. The van der Waals surface area contributed by atoms with Crippen LogP contribution >= 0.6 is 0 Å². The number of carbonyl (C=O) groups excluding carboxylic acids is 1. The summed E-state index contributed by atoms with van der Waals surface area (Å²) >= 11 is 0. The van der Waals surface area contributed by atoms with E-state index < -0.39 is 0 Å². The molecule has 3 nitrogen and oxygen atoms in total. The van der Waals surface area contributed by atoms with E-state index in [0.29, 0.717) is 5.57 Å². The van der Waals surface area contributed by atoms with Crippen LogP contribution in [0, 0.1) is 6.92 Å². The zero-order valence-corrected chi connectivity index (χ0v) is 12.2. The van der Waals surface area contributed by atoms with E-state index in [0.717, 1.165) is 23.4 Å². The highest BCUT2D eigenvalue weighted by Crippen LogP contribution is 2.31. The van der Waals surface area contributed by atoms with Gasteiger partial charge in [-0.25, -0.2) is 0 Å². The van der Waals surface area contributed by atoms with Gasteiger partial charge in [-0.15, -0.1) is 0 Å². The Balaban J connectivity index is 1.96. The summed E-state index contributed by atoms with van der Waals surface area (Å²) in [6.45, 7) is 4.20. The molecule has 1 aliphatic heterocycles. The number of nitrogens with one attached hydrogen (secondary N) is 2. The van der Waals surface area contributed by atoms with Crippen LogP contribution in [0.4, 0.5) is 11.4 Å². The lowest BCUT2D eigenvalue weighted by molar-refractivity contribution is -0.110. The van der Waals surface area contributed by atoms with Crippen molar-refractivity contribution >= 4 is 22.9 Å². The van der Waals surface area contributed by atoms with Gasteiger partial charge < -0.3 is 10.6 Å². The van der Waals surface area contributed by atoms with Crippen molar-refractivity contribution in [2.24, 2.45) is 0 Å². The van der Waals surface area contributed by atoms with Crippen molar-refractivity contribution in [1.29, 1.82) is 0 Å². The van der Waals surface area contributed by atoms with E-state index in [1.165, 1.54) is 11.1 Å². The van der Waals surface area contributed by atoms with Gasteiger partial charge in [-0.05, 0) is 30.5 Å². The van der Waals surface area contributed by atoms with Crippen LogP contribution < -0.4 is 10.6 Å². The molecule has 2 aromatic carbocycles. The molecular weight excluding hydrogens is 260 g/mol. The van der Waals surface area contributed by atoms with Gasteiger partial charge >= 0.3 is 0 Å². The molecule has 0 radical (unpaired) electrons. The summed E-state index contributed by atoms with van der Waals surface area (Å²) in [7, 11) is 0. The number of amides is 1. The molecule has 3 heteroatoms. The Morgan fingerprint density at radius 1 is 1.14 bits per heavy atom. The maximum atomic E-state index is 12.1. The van der Waals surface area contributed by atoms with E-state index in [1.807, 2.05) is 30.5 Å². The van der Waals surface area contributed by atoms with Gasteiger partial charge in [0.2, 0.25) is 0 Å². The van der Waals surface area contributed by atoms with Crippen LogP contribution in [0.2, 0.25) is 0 Å². The molecule has 2 N–H and O–H groups in total. The smallest absolute Gasteiger partial charge is 0.257 e. The SMILES string of the molecule is CCc1cccc(C)c1N/C=C1\C(=O)Nc2ccccc21. The molecule has 0 spiro atoms. The first-order chi connectivity index (χ1) is 10.2. The van der Waals surface area contributed by atoms with Crippen molar-refractivity contribution in [3.8, 4) is 0 Å². The summed E-state index contributed by atoms with van der Waals surface area (Å²) in [6, 6.07) is 14.0. The van der Waals surface area contributed by atoms with E-state index in [4.69, 9.17) is 0 Å². The van der Waals surface area contributed by atoms with Crippen molar-refractivity contribution in [2.45, 2.75) is 20.3 Å². The molecule has 1 amide bonds. The monoisotopic (exact) mass is 278 g/mol. The average molecular weight is 278 g/mol. The van der Waals surface area contributed by atoms with Gasteiger partial charge in [0.15, 0.2) is 0 Å². The largest absolute Gasteiger partial charge is 0.360 e. The van der Waals surface area contributed by atoms with Crippen molar-refractivity contribution < 1.29 is 4.79 Å². The number of fused-ring (bicyclic) bond motifs is 1. The summed E-state index contributed by atoms with van der Waals surface area (Å²) in [5.41, 5.74) is 6.01. The van der Waals surface area contributed by atoms with Gasteiger partial charge in [-0.2, -0.15) is 0 Å². The minimum atomic E-state index is -0.0599. The van der Waals surface area contributed by atoms with Gasteiger partial charge in [-0.3, -0.25) is 4.79 Å². The lowest BCUT2D eigenvalue weighted by Crippen LogP contribution is -2.06. The third kappa shape index (κ3) is 2.42. The summed E-state index contributed by atoms with van der Waals surface area (Å²) in [4.78, 5) is 12.1. The Morgan fingerprint density at radius 3 is 2.76 bits per heavy atom. The van der Waals surface area contributed by atoms with Crippen LogP contribution in [0.3, 0.4) is 0 Å². The quantitative estimate of drug-likeness (QED) is 0.834. The lowest BCUT2D eigenvalue weighted by Gasteiger charge is -2.11. The predicted octanol–water partition coefficient (Wildman–Crippen LogP) is 3.96. The number of rotatable bonds is 3. The molecule has 3 rings (SSSR count). The summed E-state index contributed by atoms with van der Waals surface area (Å²) in [5.74, 6) is -0.0599. The van der Waals surface area contributed by atoms with E-state index in [1.54, 1.807) is 0 Å². The zero-order valence-electron chi connectivity index (χ0n) is 12.2. The number of aryl methyl sites for hydroxylation is 2. The Kier molecular flexibility index (Phi) is 3.48. The average Bonchev–Trinajstić information content (AvgIpc) is 2.81. The number of para-hydroxylation sites is 2. The second-order valence-corrected chi connectivity index (χ2v) is 5.16. The highest BCUT2D eigenvalue weighted by atomic mass is 16.2. The van der Waals surface area contributed by atoms with E-state index in [9.17, 15) is 4.79 Å². The molecule has 21 heavy (non-hydrogen) atoms. The standard InChI is InChI=1S/C18H18N2O/c1-3-13-8-6-7-12(2)17(13)19-11-15-14-9-4-5-10-16(14)20-18(15)21/h4-11,19H,3H2,1-2H3,(H,20,21)/b15-11-. The Labute approximate surface area is 124 Å². The third-order valence-corrected chi connectivity index (χ3v) is 3.81. The fourth-order valence-corrected chi connectivity index (χ4v) is 2.66. The summed E-state index contributed by atoms with van der Waals surface area (Å²) in [6.07, 6.45) is 2.76. The molecule has 2 aromatic rings. The van der Waals surface area contributed by atoms with Crippen LogP contribution in [0.15, 0.2) is 48.7 Å². The maximum absolute atomic E-state index is 12.1. The third-order valence-electron chi connectivity index (χ3n) is 3.81. The molecule has 0 saturated carbocycles. The van der Waals surface area contributed by atoms with E-state index in [2.05, 4.69) is 42.7 Å². The molecule has 1 heterocycles. The van der Waals surface area contributed by atoms with Crippen molar-refractivity contribution in [2.75, 3.05) is 10.6 Å². The minimum Gasteiger partial charge on any atom is -0.360 e. The Bertz CT molecular complexity index is 732. The number of hydrogen-bond donors (Lipinski definition) is 2. The van der Waals surface area contributed by atoms with Gasteiger partial charge in [-0.1, -0.05) is 43.3 Å². The van der Waals surface area contributed by atoms with Gasteiger partial charge in [0.05, 0.1) is 5.57 Å². The zero-order chi connectivity index (χ0) is 14.8. The molecule has 0 bridgehead atoms.